The highest BCUT2D eigenvalue weighted by Gasteiger charge is 2.28. The van der Waals surface area contributed by atoms with E-state index >= 15 is 0 Å². The summed E-state index contributed by atoms with van der Waals surface area (Å²) in [5, 5.41) is 0. The van der Waals surface area contributed by atoms with Gasteiger partial charge in [0.1, 0.15) is 6.61 Å². The van der Waals surface area contributed by atoms with Gasteiger partial charge in [0.05, 0.1) is 12.7 Å². The molecule has 0 spiro atoms. The Morgan fingerprint density at radius 1 is 0.625 bits per heavy atom. The maximum Gasteiger partial charge on any atom is 0.305 e. The lowest BCUT2D eigenvalue weighted by Crippen LogP contribution is -2.28. The van der Waals surface area contributed by atoms with E-state index < -0.39 is 0 Å². The van der Waals surface area contributed by atoms with Crippen molar-refractivity contribution in [1.29, 1.82) is 0 Å². The molecule has 0 aromatic rings. The van der Waals surface area contributed by atoms with E-state index in [0.717, 1.165) is 24.7 Å². The molecule has 0 N–H and O–H groups in total. The number of hydrogen-bond acceptors (Lipinski definition) is 3. The van der Waals surface area contributed by atoms with Crippen LogP contribution >= 0.6 is 0 Å². The van der Waals surface area contributed by atoms with E-state index in [1.807, 2.05) is 0 Å². The van der Waals surface area contributed by atoms with Gasteiger partial charge in [0.25, 0.3) is 0 Å². The van der Waals surface area contributed by atoms with Crippen LogP contribution < -0.4 is 0 Å². The molecule has 0 bridgehead atoms. The molecule has 3 heteroatoms. The zero-order valence-electron chi connectivity index (χ0n) is 21.4. The van der Waals surface area contributed by atoms with Gasteiger partial charge in [-0.1, -0.05) is 110 Å². The van der Waals surface area contributed by atoms with Gasteiger partial charge in [0.2, 0.25) is 0 Å². The molecular formula is C29H54O3. The molecule has 2 rings (SSSR count). The smallest absolute Gasteiger partial charge is 0.305 e. The molecule has 0 radical (unpaired) electrons. The van der Waals surface area contributed by atoms with E-state index in [2.05, 4.69) is 6.92 Å². The Labute approximate surface area is 199 Å². The monoisotopic (exact) mass is 450 g/mol. The first kappa shape index (κ1) is 27.7. The first-order valence-electron chi connectivity index (χ1n) is 14.6. The molecule has 0 atom stereocenters. The molecule has 0 heterocycles. The molecule has 0 aromatic heterocycles. The van der Waals surface area contributed by atoms with Crippen LogP contribution in [-0.4, -0.2) is 25.3 Å². The highest BCUT2D eigenvalue weighted by atomic mass is 16.6. The van der Waals surface area contributed by atoms with Crippen LogP contribution in [0.5, 0.6) is 0 Å². The molecular weight excluding hydrogens is 396 g/mol. The Balaban J connectivity index is 1.32. The largest absolute Gasteiger partial charge is 0.463 e. The van der Waals surface area contributed by atoms with E-state index in [4.69, 9.17) is 9.47 Å². The van der Waals surface area contributed by atoms with Crippen LogP contribution in [0, 0.1) is 11.8 Å². The minimum Gasteiger partial charge on any atom is -0.463 e. The van der Waals surface area contributed by atoms with E-state index in [-0.39, 0.29) is 5.97 Å². The standard InChI is InChI=1S/C29H54O3/c1-2-3-4-5-6-7-8-9-10-11-12-16-19-29(30)32-25-24-31-28-22-20-27(21-23-28)26-17-14-13-15-18-26/h26-28H,2-25H2,1H3. The van der Waals surface area contributed by atoms with Crippen molar-refractivity contribution in [2.75, 3.05) is 13.2 Å². The fourth-order valence-electron chi connectivity index (χ4n) is 5.89. The van der Waals surface area contributed by atoms with Gasteiger partial charge in [-0.3, -0.25) is 4.79 Å². The second-order valence-corrected chi connectivity index (χ2v) is 10.7. The topological polar surface area (TPSA) is 35.5 Å². The molecule has 2 aliphatic carbocycles. The average molecular weight is 451 g/mol. The van der Waals surface area contributed by atoms with Gasteiger partial charge < -0.3 is 9.47 Å². The number of carbonyl (C=O) groups excluding carboxylic acids is 1. The van der Waals surface area contributed by atoms with E-state index in [1.54, 1.807) is 0 Å². The average Bonchev–Trinajstić information content (AvgIpc) is 2.83. The Morgan fingerprint density at radius 2 is 1.16 bits per heavy atom. The van der Waals surface area contributed by atoms with Crippen molar-refractivity contribution >= 4 is 5.97 Å². The number of hydrogen-bond donors (Lipinski definition) is 0. The summed E-state index contributed by atoms with van der Waals surface area (Å²) < 4.78 is 11.4. The van der Waals surface area contributed by atoms with Crippen molar-refractivity contribution in [3.05, 3.63) is 0 Å². The molecule has 0 amide bonds. The quantitative estimate of drug-likeness (QED) is 0.155. The second-order valence-electron chi connectivity index (χ2n) is 10.7. The van der Waals surface area contributed by atoms with Crippen molar-refractivity contribution < 1.29 is 14.3 Å². The molecule has 2 aliphatic rings. The maximum absolute atomic E-state index is 11.9. The van der Waals surface area contributed by atoms with Crippen LogP contribution in [0.4, 0.5) is 0 Å². The lowest BCUT2D eigenvalue weighted by molar-refractivity contribution is -0.146. The number of unbranched alkanes of at least 4 members (excludes halogenated alkanes) is 11. The van der Waals surface area contributed by atoms with E-state index in [9.17, 15) is 4.79 Å². The normalized spacial score (nSPS) is 22.2. The molecule has 0 aliphatic heterocycles. The third kappa shape index (κ3) is 13.2. The summed E-state index contributed by atoms with van der Waals surface area (Å²) in [6.45, 7) is 3.28. The summed E-state index contributed by atoms with van der Waals surface area (Å²) in [6, 6.07) is 0. The summed E-state index contributed by atoms with van der Waals surface area (Å²) in [5.74, 6) is 1.90. The lowest BCUT2D eigenvalue weighted by Gasteiger charge is -2.35. The lowest BCUT2D eigenvalue weighted by atomic mass is 9.73. The highest BCUT2D eigenvalue weighted by molar-refractivity contribution is 5.69. The molecule has 0 unspecified atom stereocenters. The minimum atomic E-state index is -0.0401. The van der Waals surface area contributed by atoms with E-state index in [0.29, 0.717) is 25.7 Å². The minimum absolute atomic E-state index is 0.0401. The maximum atomic E-state index is 11.9. The van der Waals surface area contributed by atoms with Gasteiger partial charge in [0, 0.05) is 6.42 Å². The second kappa shape index (κ2) is 18.8. The first-order valence-corrected chi connectivity index (χ1v) is 14.6. The number of carbonyl (C=O) groups is 1. The van der Waals surface area contributed by atoms with Crippen LogP contribution in [0.15, 0.2) is 0 Å². The summed E-state index contributed by atoms with van der Waals surface area (Å²) in [4.78, 5) is 11.9. The van der Waals surface area contributed by atoms with Crippen LogP contribution in [0.25, 0.3) is 0 Å². The van der Waals surface area contributed by atoms with Crippen molar-refractivity contribution in [2.45, 2.75) is 154 Å². The molecule has 32 heavy (non-hydrogen) atoms. The van der Waals surface area contributed by atoms with E-state index in [1.165, 1.54) is 122 Å². The number of esters is 1. The van der Waals surface area contributed by atoms with Gasteiger partial charge in [-0.2, -0.15) is 0 Å². The van der Waals surface area contributed by atoms with Crippen molar-refractivity contribution in [3.8, 4) is 0 Å². The summed E-state index contributed by atoms with van der Waals surface area (Å²) in [6.07, 6.45) is 29.2. The Kier molecular flexibility index (Phi) is 16.3. The van der Waals surface area contributed by atoms with Gasteiger partial charge in [-0.15, -0.1) is 0 Å². The van der Waals surface area contributed by atoms with Crippen LogP contribution in [0.3, 0.4) is 0 Å². The predicted molar refractivity (Wildman–Crippen MR) is 135 cm³/mol. The predicted octanol–water partition coefficient (Wildman–Crippen LogP) is 8.78. The number of rotatable bonds is 18. The highest BCUT2D eigenvalue weighted by Crippen LogP contribution is 2.38. The van der Waals surface area contributed by atoms with Crippen LogP contribution in [0.1, 0.15) is 148 Å². The summed E-state index contributed by atoms with van der Waals surface area (Å²) >= 11 is 0. The van der Waals surface area contributed by atoms with Crippen LogP contribution in [-0.2, 0) is 14.3 Å². The van der Waals surface area contributed by atoms with Gasteiger partial charge >= 0.3 is 5.97 Å². The molecule has 2 saturated carbocycles. The third-order valence-corrected chi connectivity index (χ3v) is 7.97. The zero-order valence-corrected chi connectivity index (χ0v) is 21.4. The van der Waals surface area contributed by atoms with Crippen molar-refractivity contribution in [2.24, 2.45) is 11.8 Å². The molecule has 0 saturated heterocycles. The Morgan fingerprint density at radius 3 is 1.75 bits per heavy atom. The van der Waals surface area contributed by atoms with Gasteiger partial charge in [-0.05, 0) is 43.9 Å². The first-order chi connectivity index (χ1) is 15.8. The Hall–Kier alpha value is -0.570. The molecule has 2 fully saturated rings. The fraction of sp³-hybridized carbons (Fsp3) is 0.966. The SMILES string of the molecule is CCCCCCCCCCCCCCC(=O)OCCOC1CCC(C2CCCCC2)CC1. The Bertz CT molecular complexity index is 436. The summed E-state index contributed by atoms with van der Waals surface area (Å²) in [5.41, 5.74) is 0. The zero-order chi connectivity index (χ0) is 22.7. The van der Waals surface area contributed by atoms with Gasteiger partial charge in [-0.25, -0.2) is 0 Å². The third-order valence-electron chi connectivity index (χ3n) is 7.97. The van der Waals surface area contributed by atoms with Gasteiger partial charge in [0.15, 0.2) is 0 Å². The van der Waals surface area contributed by atoms with Crippen molar-refractivity contribution in [1.82, 2.24) is 0 Å². The molecule has 3 nitrogen and oxygen atoms in total. The molecule has 188 valence electrons. The summed E-state index contributed by atoms with van der Waals surface area (Å²) in [7, 11) is 0. The van der Waals surface area contributed by atoms with Crippen molar-refractivity contribution in [3.63, 3.8) is 0 Å². The fourth-order valence-corrected chi connectivity index (χ4v) is 5.89. The number of ether oxygens (including phenoxy) is 2. The molecule has 0 aromatic carbocycles. The van der Waals surface area contributed by atoms with Crippen LogP contribution in [0.2, 0.25) is 0 Å².